The van der Waals surface area contributed by atoms with Gasteiger partial charge in [0.05, 0.1) is 6.54 Å². The quantitative estimate of drug-likeness (QED) is 0.888. The number of aromatic nitrogens is 2. The van der Waals surface area contributed by atoms with E-state index in [2.05, 4.69) is 54.8 Å². The Hall–Kier alpha value is -1.00. The monoisotopic (exact) mass is 250 g/mol. The van der Waals surface area contributed by atoms with Crippen molar-refractivity contribution in [3.63, 3.8) is 0 Å². The highest BCUT2D eigenvalue weighted by Gasteiger charge is 2.13. The van der Waals surface area contributed by atoms with E-state index < -0.39 is 0 Å². The predicted molar refractivity (Wildman–Crippen MR) is 75.5 cm³/mol. The van der Waals surface area contributed by atoms with Crippen molar-refractivity contribution in [2.75, 3.05) is 14.1 Å². The molecule has 18 heavy (non-hydrogen) atoms. The molecule has 0 aliphatic rings. The Labute approximate surface area is 111 Å². The number of aryl methyl sites for hydroxylation is 2. The third-order valence-electron chi connectivity index (χ3n) is 2.72. The van der Waals surface area contributed by atoms with Gasteiger partial charge in [0.25, 0.3) is 0 Å². The van der Waals surface area contributed by atoms with Gasteiger partial charge in [0.15, 0.2) is 0 Å². The Kier molecular flexibility index (Phi) is 4.82. The fraction of sp³-hybridized carbons (Fsp3) is 0.714. The summed E-state index contributed by atoms with van der Waals surface area (Å²) in [6, 6.07) is 0. The van der Waals surface area contributed by atoms with E-state index in [0.29, 0.717) is 0 Å². The Morgan fingerprint density at radius 2 is 1.56 bits per heavy atom. The Morgan fingerprint density at radius 1 is 1.06 bits per heavy atom. The van der Waals surface area contributed by atoms with E-state index in [1.165, 1.54) is 5.56 Å². The highest BCUT2D eigenvalue weighted by Crippen LogP contribution is 2.12. The van der Waals surface area contributed by atoms with Crippen LogP contribution in [0.2, 0.25) is 0 Å². The molecule has 0 unspecified atom stereocenters. The smallest absolute Gasteiger partial charge is 0.142 e. The van der Waals surface area contributed by atoms with Gasteiger partial charge in [-0.05, 0) is 48.7 Å². The standard InChI is InChI=1S/C14H26N4/c1-10-12(8-15-14(3,4)5)11(2)17-13(16-10)9-18(6)7/h15H,8-9H2,1-7H3. The van der Waals surface area contributed by atoms with Crippen LogP contribution in [-0.4, -0.2) is 34.5 Å². The van der Waals surface area contributed by atoms with E-state index in [-0.39, 0.29) is 5.54 Å². The van der Waals surface area contributed by atoms with Gasteiger partial charge in [0, 0.05) is 29.0 Å². The number of nitrogens with zero attached hydrogens (tertiary/aromatic N) is 3. The molecule has 0 aliphatic heterocycles. The van der Waals surface area contributed by atoms with Crippen LogP contribution in [0.15, 0.2) is 0 Å². The summed E-state index contributed by atoms with van der Waals surface area (Å²) in [5.74, 6) is 0.898. The second-order valence-electron chi connectivity index (χ2n) is 6.13. The van der Waals surface area contributed by atoms with Gasteiger partial charge in [0.2, 0.25) is 0 Å². The van der Waals surface area contributed by atoms with E-state index >= 15 is 0 Å². The lowest BCUT2D eigenvalue weighted by Crippen LogP contribution is -2.35. The van der Waals surface area contributed by atoms with Crippen LogP contribution in [0.4, 0.5) is 0 Å². The first-order valence-corrected chi connectivity index (χ1v) is 6.42. The van der Waals surface area contributed by atoms with Gasteiger partial charge in [-0.15, -0.1) is 0 Å². The molecule has 4 heteroatoms. The zero-order valence-corrected chi connectivity index (χ0v) is 12.8. The third-order valence-corrected chi connectivity index (χ3v) is 2.72. The van der Waals surface area contributed by atoms with Crippen LogP contribution in [0.3, 0.4) is 0 Å². The highest BCUT2D eigenvalue weighted by molar-refractivity contribution is 5.24. The van der Waals surface area contributed by atoms with Crippen molar-refractivity contribution < 1.29 is 0 Å². The molecule has 4 nitrogen and oxygen atoms in total. The number of rotatable bonds is 4. The molecular weight excluding hydrogens is 224 g/mol. The molecule has 1 rings (SSSR count). The van der Waals surface area contributed by atoms with Crippen LogP contribution in [0.5, 0.6) is 0 Å². The average Bonchev–Trinajstić information content (AvgIpc) is 2.12. The van der Waals surface area contributed by atoms with E-state index in [0.717, 1.165) is 30.3 Å². The number of hydrogen-bond donors (Lipinski definition) is 1. The van der Waals surface area contributed by atoms with Gasteiger partial charge in [-0.3, -0.25) is 0 Å². The molecular formula is C14H26N4. The van der Waals surface area contributed by atoms with Crippen molar-refractivity contribution in [3.05, 3.63) is 22.8 Å². The van der Waals surface area contributed by atoms with Crippen LogP contribution in [0, 0.1) is 13.8 Å². The Balaban J connectivity index is 2.87. The predicted octanol–water partition coefficient (Wildman–Crippen LogP) is 2.04. The molecule has 0 bridgehead atoms. The van der Waals surface area contributed by atoms with Crippen LogP contribution in [0.25, 0.3) is 0 Å². The summed E-state index contributed by atoms with van der Waals surface area (Å²) < 4.78 is 0. The fourth-order valence-corrected chi connectivity index (χ4v) is 1.77. The first-order chi connectivity index (χ1) is 8.19. The lowest BCUT2D eigenvalue weighted by Gasteiger charge is -2.22. The molecule has 1 aromatic heterocycles. The summed E-state index contributed by atoms with van der Waals surface area (Å²) in [5.41, 5.74) is 3.49. The second-order valence-corrected chi connectivity index (χ2v) is 6.13. The molecule has 0 fully saturated rings. The van der Waals surface area contributed by atoms with Crippen molar-refractivity contribution in [2.45, 2.75) is 53.2 Å². The number of hydrogen-bond acceptors (Lipinski definition) is 4. The van der Waals surface area contributed by atoms with E-state index in [1.807, 2.05) is 14.1 Å². The molecule has 1 heterocycles. The Morgan fingerprint density at radius 3 is 1.94 bits per heavy atom. The van der Waals surface area contributed by atoms with Crippen LogP contribution in [0.1, 0.15) is 43.5 Å². The molecule has 0 amide bonds. The first-order valence-electron chi connectivity index (χ1n) is 6.42. The summed E-state index contributed by atoms with van der Waals surface area (Å²) in [4.78, 5) is 11.2. The maximum Gasteiger partial charge on any atom is 0.142 e. The van der Waals surface area contributed by atoms with Crippen LogP contribution >= 0.6 is 0 Å². The zero-order chi connectivity index (χ0) is 13.9. The summed E-state index contributed by atoms with van der Waals surface area (Å²) in [7, 11) is 4.06. The van der Waals surface area contributed by atoms with E-state index in [9.17, 15) is 0 Å². The molecule has 1 N–H and O–H groups in total. The van der Waals surface area contributed by atoms with Crippen molar-refractivity contribution in [1.82, 2.24) is 20.2 Å². The van der Waals surface area contributed by atoms with Gasteiger partial charge in [-0.25, -0.2) is 9.97 Å². The SMILES string of the molecule is Cc1nc(CN(C)C)nc(C)c1CNC(C)(C)C. The van der Waals surface area contributed by atoms with Crippen molar-refractivity contribution >= 4 is 0 Å². The second kappa shape index (κ2) is 5.76. The fourth-order valence-electron chi connectivity index (χ4n) is 1.77. The van der Waals surface area contributed by atoms with Crippen molar-refractivity contribution in [3.8, 4) is 0 Å². The number of nitrogens with one attached hydrogen (secondary N) is 1. The summed E-state index contributed by atoms with van der Waals surface area (Å²) in [6.45, 7) is 12.2. The minimum Gasteiger partial charge on any atom is -0.308 e. The normalized spacial score (nSPS) is 12.2. The average molecular weight is 250 g/mol. The van der Waals surface area contributed by atoms with Crippen molar-refractivity contribution in [2.24, 2.45) is 0 Å². The van der Waals surface area contributed by atoms with Crippen LogP contribution < -0.4 is 5.32 Å². The molecule has 0 atom stereocenters. The lowest BCUT2D eigenvalue weighted by molar-refractivity contribution is 0.388. The maximum atomic E-state index is 4.58. The molecule has 0 saturated carbocycles. The minimum atomic E-state index is 0.112. The molecule has 0 aromatic carbocycles. The molecule has 1 aromatic rings. The van der Waals surface area contributed by atoms with E-state index in [4.69, 9.17) is 0 Å². The minimum absolute atomic E-state index is 0.112. The molecule has 0 aliphatic carbocycles. The van der Waals surface area contributed by atoms with Gasteiger partial charge < -0.3 is 10.2 Å². The molecule has 0 radical (unpaired) electrons. The van der Waals surface area contributed by atoms with Crippen LogP contribution in [-0.2, 0) is 13.1 Å². The summed E-state index contributed by atoms with van der Waals surface area (Å²) in [5, 5.41) is 3.49. The summed E-state index contributed by atoms with van der Waals surface area (Å²) >= 11 is 0. The Bertz CT molecular complexity index is 382. The highest BCUT2D eigenvalue weighted by atomic mass is 15.1. The molecule has 0 saturated heterocycles. The molecule has 0 spiro atoms. The van der Waals surface area contributed by atoms with Gasteiger partial charge in [0.1, 0.15) is 5.82 Å². The van der Waals surface area contributed by atoms with E-state index in [1.54, 1.807) is 0 Å². The zero-order valence-electron chi connectivity index (χ0n) is 12.8. The van der Waals surface area contributed by atoms with Gasteiger partial charge >= 0.3 is 0 Å². The first kappa shape index (κ1) is 15.1. The molecule has 102 valence electrons. The third kappa shape index (κ3) is 4.70. The maximum absolute atomic E-state index is 4.58. The van der Waals surface area contributed by atoms with Crippen molar-refractivity contribution in [1.29, 1.82) is 0 Å². The topological polar surface area (TPSA) is 41.1 Å². The summed E-state index contributed by atoms with van der Waals surface area (Å²) in [6.07, 6.45) is 0. The van der Waals surface area contributed by atoms with Gasteiger partial charge in [-0.1, -0.05) is 0 Å². The largest absolute Gasteiger partial charge is 0.308 e. The lowest BCUT2D eigenvalue weighted by atomic mass is 10.1. The van der Waals surface area contributed by atoms with Gasteiger partial charge in [-0.2, -0.15) is 0 Å².